The second kappa shape index (κ2) is 10.3. The summed E-state index contributed by atoms with van der Waals surface area (Å²) in [6.07, 6.45) is 3.49. The molecular formula is C26H26FN3O3. The predicted molar refractivity (Wildman–Crippen MR) is 122 cm³/mol. The van der Waals surface area contributed by atoms with E-state index in [-0.39, 0.29) is 30.3 Å². The molecule has 0 aliphatic carbocycles. The van der Waals surface area contributed by atoms with Gasteiger partial charge in [-0.2, -0.15) is 0 Å². The molecule has 2 aromatic carbocycles. The number of halogens is 1. The van der Waals surface area contributed by atoms with Gasteiger partial charge in [-0.25, -0.2) is 4.39 Å². The molecule has 6 nitrogen and oxygen atoms in total. The number of carbonyl (C=O) groups is 2. The Hall–Kier alpha value is -3.74. The summed E-state index contributed by atoms with van der Waals surface area (Å²) < 4.78 is 19.2. The van der Waals surface area contributed by atoms with Crippen LogP contribution in [0.5, 0.6) is 5.75 Å². The summed E-state index contributed by atoms with van der Waals surface area (Å²) in [6.45, 7) is 2.79. The van der Waals surface area contributed by atoms with E-state index in [9.17, 15) is 14.0 Å². The van der Waals surface area contributed by atoms with E-state index in [4.69, 9.17) is 4.74 Å². The van der Waals surface area contributed by atoms with E-state index >= 15 is 0 Å². The van der Waals surface area contributed by atoms with Gasteiger partial charge in [0.05, 0.1) is 11.7 Å². The maximum atomic E-state index is 13.4. The largest absolute Gasteiger partial charge is 0.489 e. The monoisotopic (exact) mass is 447 g/mol. The number of aromatic nitrogens is 1. The van der Waals surface area contributed by atoms with Crippen LogP contribution in [0.4, 0.5) is 4.39 Å². The number of likely N-dealkylation sites (tertiary alicyclic amines) is 1. The molecule has 2 heterocycles. The van der Waals surface area contributed by atoms with Crippen molar-refractivity contribution in [1.29, 1.82) is 0 Å². The number of nitrogens with zero attached hydrogens (tertiary/aromatic N) is 2. The first-order valence-electron chi connectivity index (χ1n) is 11.0. The molecule has 0 saturated carbocycles. The van der Waals surface area contributed by atoms with Crippen molar-refractivity contribution in [2.24, 2.45) is 0 Å². The maximum absolute atomic E-state index is 13.4. The minimum absolute atomic E-state index is 0.0715. The molecule has 0 radical (unpaired) electrons. The van der Waals surface area contributed by atoms with Gasteiger partial charge in [-0.05, 0) is 60.4 Å². The summed E-state index contributed by atoms with van der Waals surface area (Å²) in [5, 5.41) is 2.75. The molecule has 0 spiro atoms. The lowest BCUT2D eigenvalue weighted by Gasteiger charge is -2.25. The molecule has 1 aromatic heterocycles. The van der Waals surface area contributed by atoms with Crippen molar-refractivity contribution >= 4 is 11.8 Å². The predicted octanol–water partition coefficient (Wildman–Crippen LogP) is 4.41. The molecule has 3 aromatic rings. The minimum atomic E-state index is -0.308. The smallest absolute Gasteiger partial charge is 0.254 e. The highest BCUT2D eigenvalue weighted by molar-refractivity contribution is 5.95. The fourth-order valence-corrected chi connectivity index (χ4v) is 3.96. The average molecular weight is 448 g/mol. The van der Waals surface area contributed by atoms with Crippen molar-refractivity contribution in [2.75, 3.05) is 6.54 Å². The first kappa shape index (κ1) is 22.5. The molecule has 7 heteroatoms. The lowest BCUT2D eigenvalue weighted by molar-refractivity contribution is -0.119. The SMILES string of the molecule is CC(=O)NCc1ccc([C@H]2CCCN2C(=O)c2cccc(OCc3cccc(F)c3)c2)nc1. The number of hydrogen-bond donors (Lipinski definition) is 1. The van der Waals surface area contributed by atoms with Crippen molar-refractivity contribution in [3.05, 3.63) is 95.1 Å². The highest BCUT2D eigenvalue weighted by Crippen LogP contribution is 2.32. The van der Waals surface area contributed by atoms with E-state index in [2.05, 4.69) is 10.3 Å². The highest BCUT2D eigenvalue weighted by Gasteiger charge is 2.31. The van der Waals surface area contributed by atoms with Gasteiger partial charge in [-0.15, -0.1) is 0 Å². The van der Waals surface area contributed by atoms with Gasteiger partial charge in [0.2, 0.25) is 5.91 Å². The molecule has 33 heavy (non-hydrogen) atoms. The van der Waals surface area contributed by atoms with Crippen molar-refractivity contribution in [2.45, 2.75) is 39.0 Å². The van der Waals surface area contributed by atoms with Crippen LogP contribution in [0.2, 0.25) is 0 Å². The number of ether oxygens (including phenoxy) is 1. The molecule has 0 bridgehead atoms. The van der Waals surface area contributed by atoms with Gasteiger partial charge in [0.25, 0.3) is 5.91 Å². The van der Waals surface area contributed by atoms with Crippen molar-refractivity contribution in [3.8, 4) is 5.75 Å². The molecule has 1 N–H and O–H groups in total. The van der Waals surface area contributed by atoms with Gasteiger partial charge in [0, 0.05) is 31.8 Å². The average Bonchev–Trinajstić information content (AvgIpc) is 3.31. The third kappa shape index (κ3) is 5.74. The van der Waals surface area contributed by atoms with Crippen LogP contribution >= 0.6 is 0 Å². The first-order valence-corrected chi connectivity index (χ1v) is 11.0. The van der Waals surface area contributed by atoms with Gasteiger partial charge in [-0.3, -0.25) is 14.6 Å². The van der Waals surface area contributed by atoms with E-state index < -0.39 is 0 Å². The van der Waals surface area contributed by atoms with E-state index in [1.54, 1.807) is 42.6 Å². The Balaban J connectivity index is 1.43. The topological polar surface area (TPSA) is 71.5 Å². The number of carbonyl (C=O) groups excluding carboxylic acids is 2. The number of pyridine rings is 1. The molecule has 1 aliphatic rings. The second-order valence-electron chi connectivity index (χ2n) is 8.10. The van der Waals surface area contributed by atoms with Gasteiger partial charge in [-0.1, -0.05) is 24.3 Å². The van der Waals surface area contributed by atoms with Gasteiger partial charge in [0.15, 0.2) is 0 Å². The standard InChI is InChI=1S/C26H26FN3O3/c1-18(31)28-15-20-10-11-24(29-16-20)25-9-4-12-30(25)26(32)21-6-3-8-23(14-21)33-17-19-5-2-7-22(27)13-19/h2-3,5-8,10-11,13-14,16,25H,4,9,12,15,17H2,1H3,(H,28,31)/t25-/m1/s1. The summed E-state index contributed by atoms with van der Waals surface area (Å²) in [5.41, 5.74) is 3.01. The number of benzene rings is 2. The van der Waals surface area contributed by atoms with Gasteiger partial charge in [0.1, 0.15) is 18.2 Å². The zero-order valence-electron chi connectivity index (χ0n) is 18.5. The summed E-state index contributed by atoms with van der Waals surface area (Å²) in [6, 6.07) is 17.1. The first-order chi connectivity index (χ1) is 16.0. The minimum Gasteiger partial charge on any atom is -0.489 e. The number of nitrogens with one attached hydrogen (secondary N) is 1. The van der Waals surface area contributed by atoms with Crippen LogP contribution in [0.25, 0.3) is 0 Å². The van der Waals surface area contributed by atoms with Crippen LogP contribution in [0.3, 0.4) is 0 Å². The lowest BCUT2D eigenvalue weighted by Crippen LogP contribution is -2.31. The zero-order valence-corrected chi connectivity index (χ0v) is 18.5. The highest BCUT2D eigenvalue weighted by atomic mass is 19.1. The Bertz CT molecular complexity index is 1130. The van der Waals surface area contributed by atoms with Gasteiger partial charge >= 0.3 is 0 Å². The van der Waals surface area contributed by atoms with Crippen LogP contribution in [0.1, 0.15) is 53.0 Å². The molecule has 170 valence electrons. The van der Waals surface area contributed by atoms with Crippen molar-refractivity contribution < 1.29 is 18.7 Å². The van der Waals surface area contributed by atoms with Crippen LogP contribution in [0, 0.1) is 5.82 Å². The quantitative estimate of drug-likeness (QED) is 0.582. The van der Waals surface area contributed by atoms with E-state index in [1.165, 1.54) is 19.1 Å². The Morgan fingerprint density at radius 2 is 1.97 bits per heavy atom. The normalized spacial score (nSPS) is 15.3. The molecule has 4 rings (SSSR count). The lowest BCUT2D eigenvalue weighted by atomic mass is 10.1. The Morgan fingerprint density at radius 1 is 1.12 bits per heavy atom. The Morgan fingerprint density at radius 3 is 2.73 bits per heavy atom. The van der Waals surface area contributed by atoms with Crippen molar-refractivity contribution in [1.82, 2.24) is 15.2 Å². The van der Waals surface area contributed by atoms with Crippen molar-refractivity contribution in [3.63, 3.8) is 0 Å². The molecule has 2 amide bonds. The maximum Gasteiger partial charge on any atom is 0.254 e. The number of rotatable bonds is 7. The summed E-state index contributed by atoms with van der Waals surface area (Å²) in [5.74, 6) is 0.0878. The molecule has 0 unspecified atom stereocenters. The van der Waals surface area contributed by atoms with Crippen LogP contribution < -0.4 is 10.1 Å². The number of hydrogen-bond acceptors (Lipinski definition) is 4. The molecule has 1 fully saturated rings. The van der Waals surface area contributed by atoms with Crippen LogP contribution in [-0.2, 0) is 17.9 Å². The van der Waals surface area contributed by atoms with E-state index in [0.29, 0.717) is 24.4 Å². The summed E-state index contributed by atoms with van der Waals surface area (Å²) in [4.78, 5) is 30.8. The molecule has 1 atom stereocenters. The number of amides is 2. The third-order valence-corrected chi connectivity index (χ3v) is 5.62. The summed E-state index contributed by atoms with van der Waals surface area (Å²) in [7, 11) is 0. The fourth-order valence-electron chi connectivity index (χ4n) is 3.96. The fraction of sp³-hybridized carbons (Fsp3) is 0.269. The van der Waals surface area contributed by atoms with E-state index in [0.717, 1.165) is 29.7 Å². The second-order valence-corrected chi connectivity index (χ2v) is 8.10. The summed E-state index contributed by atoms with van der Waals surface area (Å²) >= 11 is 0. The molecular weight excluding hydrogens is 421 g/mol. The van der Waals surface area contributed by atoms with Gasteiger partial charge < -0.3 is 15.0 Å². The van der Waals surface area contributed by atoms with Crippen LogP contribution in [0.15, 0.2) is 66.9 Å². The third-order valence-electron chi connectivity index (χ3n) is 5.62. The molecule has 1 aliphatic heterocycles. The van der Waals surface area contributed by atoms with Crippen LogP contribution in [-0.4, -0.2) is 28.2 Å². The zero-order chi connectivity index (χ0) is 23.2. The molecule has 1 saturated heterocycles. The van der Waals surface area contributed by atoms with E-state index in [1.807, 2.05) is 17.0 Å². The Labute approximate surface area is 192 Å². The Kier molecular flexibility index (Phi) is 6.98.